The van der Waals surface area contributed by atoms with Crippen LogP contribution in [0.3, 0.4) is 0 Å². The van der Waals surface area contributed by atoms with Crippen LogP contribution in [0.15, 0.2) is 237 Å². The van der Waals surface area contributed by atoms with E-state index >= 15 is 0 Å². The number of hydrogen-bond donors (Lipinski definition) is 0. The Kier molecular flexibility index (Phi) is 8.13. The van der Waals surface area contributed by atoms with Gasteiger partial charge in [0.1, 0.15) is 0 Å². The molecule has 10 aromatic rings. The maximum Gasteiger partial charge on any atom is 0.170 e. The number of para-hydroxylation sites is 2. The molecule has 1 spiro atoms. The Morgan fingerprint density at radius 2 is 0.625 bits per heavy atom. The molecular weight excluding hydrogens is 779 g/mol. The Morgan fingerprint density at radius 3 is 1.14 bits per heavy atom. The summed E-state index contributed by atoms with van der Waals surface area (Å²) in [5.74, 6) is 2.91. The van der Waals surface area contributed by atoms with E-state index in [1.165, 1.54) is 61.2 Å². The van der Waals surface area contributed by atoms with Gasteiger partial charge in [-0.3, -0.25) is 0 Å². The lowest BCUT2D eigenvalue weighted by atomic mass is 9.70. The Labute approximate surface area is 372 Å². The lowest BCUT2D eigenvalue weighted by Crippen LogP contribution is -2.26. The first-order valence-corrected chi connectivity index (χ1v) is 21.9. The zero-order chi connectivity index (χ0) is 42.2. The smallest absolute Gasteiger partial charge is 0.170 e. The summed E-state index contributed by atoms with van der Waals surface area (Å²) < 4.78 is 13.2. The Hall–Kier alpha value is -8.40. The molecule has 3 heteroatoms. The summed E-state index contributed by atoms with van der Waals surface area (Å²) >= 11 is 0. The zero-order valence-corrected chi connectivity index (χ0v) is 34.8. The third-order valence-corrected chi connectivity index (χ3v) is 13.4. The molecule has 13 rings (SSSR count). The molecule has 1 heterocycles. The lowest BCUT2D eigenvalue weighted by Gasteiger charge is -2.31. The number of anilines is 3. The van der Waals surface area contributed by atoms with E-state index in [-0.39, 0.29) is 0 Å². The van der Waals surface area contributed by atoms with Crippen molar-refractivity contribution in [2.24, 2.45) is 0 Å². The molecule has 300 valence electrons. The Balaban J connectivity index is 0.925. The minimum atomic E-state index is -0.512. The van der Waals surface area contributed by atoms with Crippen LogP contribution in [0.1, 0.15) is 22.3 Å². The minimum Gasteiger partial charge on any atom is -0.450 e. The molecule has 64 heavy (non-hydrogen) atoms. The van der Waals surface area contributed by atoms with E-state index in [4.69, 9.17) is 9.47 Å². The largest absolute Gasteiger partial charge is 0.450 e. The van der Waals surface area contributed by atoms with Crippen molar-refractivity contribution in [3.63, 3.8) is 0 Å². The van der Waals surface area contributed by atoms with Crippen LogP contribution in [0.5, 0.6) is 23.0 Å². The van der Waals surface area contributed by atoms with Crippen LogP contribution in [0, 0.1) is 0 Å². The van der Waals surface area contributed by atoms with E-state index < -0.39 is 5.41 Å². The SMILES string of the molecule is c1ccc(-c2ccc(N(c3ccc(-c4ccccc4)cc3)c3ccc(-c4ccc5c(c4)-c4cc6c(cc4C54c5ccccc5-c5ccccc54)Oc4ccccc4O6)cc3)cc2)cc1. The lowest BCUT2D eigenvalue weighted by molar-refractivity contribution is 0.359. The van der Waals surface area contributed by atoms with Crippen molar-refractivity contribution in [3.05, 3.63) is 259 Å². The van der Waals surface area contributed by atoms with Crippen molar-refractivity contribution in [2.45, 2.75) is 5.41 Å². The minimum absolute atomic E-state index is 0.512. The number of nitrogens with zero attached hydrogens (tertiary/aromatic N) is 1. The van der Waals surface area contributed by atoms with E-state index in [0.717, 1.165) is 56.8 Å². The summed E-state index contributed by atoms with van der Waals surface area (Å²) in [5.41, 5.74) is 19.8. The van der Waals surface area contributed by atoms with Gasteiger partial charge in [0, 0.05) is 17.1 Å². The first-order chi connectivity index (χ1) is 31.7. The highest BCUT2D eigenvalue weighted by molar-refractivity contribution is 5.97. The van der Waals surface area contributed by atoms with Gasteiger partial charge in [-0.2, -0.15) is 0 Å². The van der Waals surface area contributed by atoms with Gasteiger partial charge >= 0.3 is 0 Å². The van der Waals surface area contributed by atoms with Crippen LogP contribution >= 0.6 is 0 Å². The van der Waals surface area contributed by atoms with Gasteiger partial charge in [-0.1, -0.05) is 170 Å². The van der Waals surface area contributed by atoms with Crippen molar-refractivity contribution >= 4 is 17.1 Å². The number of hydrogen-bond acceptors (Lipinski definition) is 3. The molecule has 0 fully saturated rings. The van der Waals surface area contributed by atoms with E-state index in [1.807, 2.05) is 24.3 Å². The van der Waals surface area contributed by atoms with Crippen LogP contribution in [0.4, 0.5) is 17.1 Å². The summed E-state index contributed by atoms with van der Waals surface area (Å²) in [6.45, 7) is 0. The summed E-state index contributed by atoms with van der Waals surface area (Å²) in [4.78, 5) is 2.34. The monoisotopic (exact) mass is 817 g/mol. The fourth-order valence-electron chi connectivity index (χ4n) is 10.5. The summed E-state index contributed by atoms with van der Waals surface area (Å²) in [6.07, 6.45) is 0. The summed E-state index contributed by atoms with van der Waals surface area (Å²) in [7, 11) is 0. The third-order valence-electron chi connectivity index (χ3n) is 13.4. The molecule has 0 bridgehead atoms. The number of fused-ring (bicyclic) bond motifs is 12. The molecule has 10 aromatic carbocycles. The van der Waals surface area contributed by atoms with E-state index in [9.17, 15) is 0 Å². The van der Waals surface area contributed by atoms with Crippen molar-refractivity contribution in [3.8, 4) is 78.6 Å². The predicted octanol–water partition coefficient (Wildman–Crippen LogP) is 16.4. The molecule has 0 unspecified atom stereocenters. The molecule has 0 saturated carbocycles. The first kappa shape index (κ1) is 36.3. The highest BCUT2D eigenvalue weighted by atomic mass is 16.6. The molecule has 0 atom stereocenters. The third kappa shape index (κ3) is 5.54. The maximum atomic E-state index is 6.59. The molecule has 0 saturated heterocycles. The van der Waals surface area contributed by atoms with Gasteiger partial charge in [-0.25, -0.2) is 0 Å². The fraction of sp³-hybridized carbons (Fsp3) is 0.0164. The molecule has 0 aromatic heterocycles. The van der Waals surface area contributed by atoms with Crippen molar-refractivity contribution in [1.82, 2.24) is 0 Å². The molecule has 3 aliphatic rings. The van der Waals surface area contributed by atoms with Gasteiger partial charge in [0.25, 0.3) is 0 Å². The quantitative estimate of drug-likeness (QED) is 0.167. The first-order valence-electron chi connectivity index (χ1n) is 21.9. The summed E-state index contributed by atoms with van der Waals surface area (Å²) in [5, 5.41) is 0. The molecule has 2 aliphatic carbocycles. The van der Waals surface area contributed by atoms with Crippen LogP contribution in [0.25, 0.3) is 55.6 Å². The average Bonchev–Trinajstić information content (AvgIpc) is 3.82. The molecule has 1 aliphatic heterocycles. The highest BCUT2D eigenvalue weighted by Crippen LogP contribution is 2.65. The summed E-state index contributed by atoms with van der Waals surface area (Å²) in [6, 6.07) is 85.1. The van der Waals surface area contributed by atoms with Gasteiger partial charge in [0.2, 0.25) is 0 Å². The van der Waals surface area contributed by atoms with Crippen molar-refractivity contribution < 1.29 is 9.47 Å². The average molecular weight is 818 g/mol. The van der Waals surface area contributed by atoms with Gasteiger partial charge in [-0.15, -0.1) is 0 Å². The van der Waals surface area contributed by atoms with Crippen LogP contribution < -0.4 is 14.4 Å². The topological polar surface area (TPSA) is 21.7 Å². The normalized spacial score (nSPS) is 13.1. The zero-order valence-electron chi connectivity index (χ0n) is 34.8. The standard InChI is InChI=1S/C61H39NO2/c1-3-13-40(14-4-1)42-23-30-46(31-24-42)62(47-32-25-43(26-33-47)41-15-5-2-6-16-41)48-34-27-44(28-35-48)45-29-36-55-51(37-45)52-38-59-60(64-58-22-12-11-21-57(58)63-59)39-56(52)61(55)53-19-9-7-17-49(53)50-18-8-10-20-54(50)61/h1-39H. The number of ether oxygens (including phenoxy) is 2. The van der Waals surface area contributed by atoms with Crippen LogP contribution in [-0.2, 0) is 5.41 Å². The molecule has 0 amide bonds. The van der Waals surface area contributed by atoms with Gasteiger partial charge in [0.15, 0.2) is 23.0 Å². The van der Waals surface area contributed by atoms with Gasteiger partial charge < -0.3 is 14.4 Å². The number of benzene rings is 10. The Morgan fingerprint density at radius 1 is 0.250 bits per heavy atom. The maximum absolute atomic E-state index is 6.59. The fourth-order valence-corrected chi connectivity index (χ4v) is 10.5. The Bertz CT molecular complexity index is 3280. The predicted molar refractivity (Wildman–Crippen MR) is 260 cm³/mol. The van der Waals surface area contributed by atoms with Crippen LogP contribution in [0.2, 0.25) is 0 Å². The highest BCUT2D eigenvalue weighted by Gasteiger charge is 2.52. The van der Waals surface area contributed by atoms with Crippen molar-refractivity contribution in [2.75, 3.05) is 4.90 Å². The van der Waals surface area contributed by atoms with E-state index in [2.05, 4.69) is 217 Å². The van der Waals surface area contributed by atoms with Crippen molar-refractivity contribution in [1.29, 1.82) is 0 Å². The molecule has 0 N–H and O–H groups in total. The second-order valence-corrected chi connectivity index (χ2v) is 16.8. The van der Waals surface area contributed by atoms with Gasteiger partial charge in [-0.05, 0) is 145 Å². The number of rotatable bonds is 6. The molecule has 0 radical (unpaired) electrons. The second kappa shape index (κ2) is 14.3. The van der Waals surface area contributed by atoms with E-state index in [0.29, 0.717) is 0 Å². The van der Waals surface area contributed by atoms with E-state index in [1.54, 1.807) is 0 Å². The molecule has 3 nitrogen and oxygen atoms in total. The second-order valence-electron chi connectivity index (χ2n) is 16.8. The molecular formula is C61H39NO2. The van der Waals surface area contributed by atoms with Crippen LogP contribution in [-0.4, -0.2) is 0 Å². The van der Waals surface area contributed by atoms with Gasteiger partial charge in [0.05, 0.1) is 5.41 Å².